The molecule has 0 aromatic rings. The number of carbonyl (C=O) groups is 3. The van der Waals surface area contributed by atoms with Gasteiger partial charge in [0.05, 0.1) is 5.92 Å². The largest absolute Gasteiger partial charge is 0.342 e. The van der Waals surface area contributed by atoms with Gasteiger partial charge in [0.2, 0.25) is 17.7 Å². The fraction of sp³-hybridized carbons (Fsp3) is 0.842. The van der Waals surface area contributed by atoms with E-state index < -0.39 is 0 Å². The zero-order chi connectivity index (χ0) is 17.9. The third-order valence-electron chi connectivity index (χ3n) is 5.34. The highest BCUT2D eigenvalue weighted by Gasteiger charge is 2.44. The Bertz CT molecular complexity index is 495. The summed E-state index contributed by atoms with van der Waals surface area (Å²) < 4.78 is 0. The van der Waals surface area contributed by atoms with E-state index in [-0.39, 0.29) is 29.1 Å². The SMILES string of the molecule is C[C@H]1CCN(C(=O)CCCCCN2C(=O)CC(C(C)(C)C)C2=O)C1. The number of nitrogens with zero attached hydrogens (tertiary/aromatic N) is 2. The van der Waals surface area contributed by atoms with Crippen LogP contribution < -0.4 is 0 Å². The zero-order valence-electron chi connectivity index (χ0n) is 15.6. The minimum absolute atomic E-state index is 0.0189. The van der Waals surface area contributed by atoms with Crippen molar-refractivity contribution in [2.45, 2.75) is 66.2 Å². The molecule has 0 bridgehead atoms. The van der Waals surface area contributed by atoms with E-state index in [1.807, 2.05) is 25.7 Å². The number of amides is 3. The van der Waals surface area contributed by atoms with E-state index in [4.69, 9.17) is 0 Å². The Balaban J connectivity index is 1.66. The first kappa shape index (κ1) is 18.9. The van der Waals surface area contributed by atoms with Gasteiger partial charge in [-0.1, -0.05) is 34.1 Å². The summed E-state index contributed by atoms with van der Waals surface area (Å²) >= 11 is 0. The van der Waals surface area contributed by atoms with Crippen molar-refractivity contribution >= 4 is 17.7 Å². The molecule has 24 heavy (non-hydrogen) atoms. The topological polar surface area (TPSA) is 57.7 Å². The summed E-state index contributed by atoms with van der Waals surface area (Å²) in [7, 11) is 0. The molecule has 2 saturated heterocycles. The quantitative estimate of drug-likeness (QED) is 0.553. The van der Waals surface area contributed by atoms with Gasteiger partial charge in [-0.05, 0) is 30.6 Å². The third kappa shape index (κ3) is 4.58. The van der Waals surface area contributed by atoms with Crippen LogP contribution >= 0.6 is 0 Å². The van der Waals surface area contributed by atoms with Crippen LogP contribution in [-0.4, -0.2) is 47.2 Å². The monoisotopic (exact) mass is 336 g/mol. The second-order valence-corrected chi connectivity index (χ2v) is 8.55. The molecule has 0 aliphatic carbocycles. The molecule has 2 fully saturated rings. The summed E-state index contributed by atoms with van der Waals surface area (Å²) in [5.74, 6) is 0.623. The first-order chi connectivity index (χ1) is 11.2. The molecule has 0 saturated carbocycles. The summed E-state index contributed by atoms with van der Waals surface area (Å²) in [5.41, 5.74) is -0.166. The molecule has 2 heterocycles. The number of likely N-dealkylation sites (tertiary alicyclic amines) is 2. The van der Waals surface area contributed by atoms with Gasteiger partial charge in [-0.2, -0.15) is 0 Å². The number of rotatable bonds is 6. The summed E-state index contributed by atoms with van der Waals surface area (Å²) in [6.45, 7) is 10.5. The van der Waals surface area contributed by atoms with Crippen LogP contribution in [0, 0.1) is 17.3 Å². The molecule has 5 heteroatoms. The molecule has 2 rings (SSSR count). The second kappa shape index (κ2) is 7.66. The summed E-state index contributed by atoms with van der Waals surface area (Å²) in [6.07, 6.45) is 4.54. The van der Waals surface area contributed by atoms with E-state index in [2.05, 4.69) is 6.92 Å². The lowest BCUT2D eigenvalue weighted by atomic mass is 9.80. The third-order valence-corrected chi connectivity index (χ3v) is 5.34. The maximum Gasteiger partial charge on any atom is 0.233 e. The molecule has 0 spiro atoms. The molecule has 2 aliphatic rings. The lowest BCUT2D eigenvalue weighted by Crippen LogP contribution is -2.34. The molecule has 3 amide bonds. The van der Waals surface area contributed by atoms with E-state index in [0.29, 0.717) is 25.3 Å². The van der Waals surface area contributed by atoms with Crippen molar-refractivity contribution in [3.05, 3.63) is 0 Å². The van der Waals surface area contributed by atoms with Crippen LogP contribution in [0.4, 0.5) is 0 Å². The van der Waals surface area contributed by atoms with E-state index >= 15 is 0 Å². The molecule has 5 nitrogen and oxygen atoms in total. The van der Waals surface area contributed by atoms with Gasteiger partial charge in [0, 0.05) is 32.5 Å². The van der Waals surface area contributed by atoms with Crippen molar-refractivity contribution in [3.8, 4) is 0 Å². The smallest absolute Gasteiger partial charge is 0.233 e. The van der Waals surface area contributed by atoms with E-state index in [9.17, 15) is 14.4 Å². The molecule has 0 radical (unpaired) electrons. The molecular formula is C19H32N2O3. The van der Waals surface area contributed by atoms with Crippen molar-refractivity contribution in [1.82, 2.24) is 9.80 Å². The Hall–Kier alpha value is -1.39. The standard InChI is InChI=1S/C19H32N2O3/c1-14-9-11-20(13-14)16(22)8-6-5-7-10-21-17(23)12-15(18(21)24)19(2,3)4/h14-15H,5-13H2,1-4H3/t14-,15?/m0/s1. The number of carbonyl (C=O) groups excluding carboxylic acids is 3. The van der Waals surface area contributed by atoms with Crippen LogP contribution in [0.1, 0.15) is 66.2 Å². The predicted octanol–water partition coefficient (Wildman–Crippen LogP) is 2.84. The molecule has 0 aromatic carbocycles. The minimum Gasteiger partial charge on any atom is -0.342 e. The van der Waals surface area contributed by atoms with Crippen molar-refractivity contribution in [3.63, 3.8) is 0 Å². The van der Waals surface area contributed by atoms with Crippen molar-refractivity contribution in [2.24, 2.45) is 17.3 Å². The predicted molar refractivity (Wildman–Crippen MR) is 93.1 cm³/mol. The Morgan fingerprint density at radius 3 is 2.42 bits per heavy atom. The number of hydrogen-bond donors (Lipinski definition) is 0. The number of unbranched alkanes of at least 4 members (excludes halogenated alkanes) is 2. The van der Waals surface area contributed by atoms with Crippen LogP contribution in [-0.2, 0) is 14.4 Å². The zero-order valence-corrected chi connectivity index (χ0v) is 15.6. The van der Waals surface area contributed by atoms with Gasteiger partial charge in [-0.25, -0.2) is 0 Å². The van der Waals surface area contributed by atoms with Gasteiger partial charge in [-0.15, -0.1) is 0 Å². The Morgan fingerprint density at radius 1 is 1.17 bits per heavy atom. The second-order valence-electron chi connectivity index (χ2n) is 8.55. The highest BCUT2D eigenvalue weighted by atomic mass is 16.2. The summed E-state index contributed by atoms with van der Waals surface area (Å²) in [6, 6.07) is 0. The van der Waals surface area contributed by atoms with Gasteiger partial charge in [0.15, 0.2) is 0 Å². The molecule has 0 aromatic heterocycles. The Morgan fingerprint density at radius 2 is 1.88 bits per heavy atom. The van der Waals surface area contributed by atoms with Crippen LogP contribution in [0.5, 0.6) is 0 Å². The van der Waals surface area contributed by atoms with Crippen LogP contribution in [0.3, 0.4) is 0 Å². The number of imide groups is 1. The Labute approximate surface area is 145 Å². The van der Waals surface area contributed by atoms with Crippen LogP contribution in [0.25, 0.3) is 0 Å². The van der Waals surface area contributed by atoms with Gasteiger partial charge in [0.25, 0.3) is 0 Å². The lowest BCUT2D eigenvalue weighted by Gasteiger charge is -2.24. The summed E-state index contributed by atoms with van der Waals surface area (Å²) in [4.78, 5) is 39.9. The van der Waals surface area contributed by atoms with Gasteiger partial charge in [0.1, 0.15) is 0 Å². The van der Waals surface area contributed by atoms with Crippen LogP contribution in [0.2, 0.25) is 0 Å². The van der Waals surface area contributed by atoms with Crippen molar-refractivity contribution in [1.29, 1.82) is 0 Å². The summed E-state index contributed by atoms with van der Waals surface area (Å²) in [5, 5.41) is 0. The van der Waals surface area contributed by atoms with Gasteiger partial charge < -0.3 is 4.90 Å². The van der Waals surface area contributed by atoms with E-state index in [1.54, 1.807) is 0 Å². The highest BCUT2D eigenvalue weighted by Crippen LogP contribution is 2.35. The average Bonchev–Trinajstić information content (AvgIpc) is 3.03. The molecule has 0 N–H and O–H groups in total. The highest BCUT2D eigenvalue weighted by molar-refractivity contribution is 6.03. The van der Waals surface area contributed by atoms with Gasteiger partial charge in [-0.3, -0.25) is 19.3 Å². The minimum atomic E-state index is -0.191. The molecule has 1 unspecified atom stereocenters. The lowest BCUT2D eigenvalue weighted by molar-refractivity contribution is -0.140. The van der Waals surface area contributed by atoms with Crippen molar-refractivity contribution < 1.29 is 14.4 Å². The van der Waals surface area contributed by atoms with E-state index in [1.165, 1.54) is 4.90 Å². The first-order valence-electron chi connectivity index (χ1n) is 9.32. The Kier molecular flexibility index (Phi) is 6.05. The van der Waals surface area contributed by atoms with Gasteiger partial charge >= 0.3 is 0 Å². The average molecular weight is 336 g/mol. The molecule has 136 valence electrons. The van der Waals surface area contributed by atoms with Crippen molar-refractivity contribution in [2.75, 3.05) is 19.6 Å². The fourth-order valence-corrected chi connectivity index (χ4v) is 3.64. The molecule has 2 atom stereocenters. The molecule has 2 aliphatic heterocycles. The fourth-order valence-electron chi connectivity index (χ4n) is 3.64. The first-order valence-corrected chi connectivity index (χ1v) is 9.32. The normalized spacial score (nSPS) is 25.0. The number of hydrogen-bond acceptors (Lipinski definition) is 3. The van der Waals surface area contributed by atoms with E-state index in [0.717, 1.165) is 38.8 Å². The van der Waals surface area contributed by atoms with Crippen LogP contribution in [0.15, 0.2) is 0 Å². The molecular weight excluding hydrogens is 304 g/mol. The maximum absolute atomic E-state index is 12.4. The maximum atomic E-state index is 12.4.